The van der Waals surface area contributed by atoms with Crippen molar-refractivity contribution >= 4 is 29.5 Å². The van der Waals surface area contributed by atoms with Gasteiger partial charge < -0.3 is 15.7 Å². The van der Waals surface area contributed by atoms with Crippen molar-refractivity contribution in [2.75, 3.05) is 5.32 Å². The van der Waals surface area contributed by atoms with Crippen molar-refractivity contribution in [3.8, 4) is 0 Å². The molecule has 0 spiro atoms. The molecule has 0 aromatic heterocycles. The van der Waals surface area contributed by atoms with Crippen LogP contribution < -0.4 is 10.6 Å². The lowest BCUT2D eigenvalue weighted by Crippen LogP contribution is -2.30. The lowest BCUT2D eigenvalue weighted by Gasteiger charge is -2.11. The van der Waals surface area contributed by atoms with E-state index in [1.54, 1.807) is 36.4 Å². The van der Waals surface area contributed by atoms with Crippen LogP contribution in [0.15, 0.2) is 90.6 Å². The monoisotopic (exact) mass is 386 g/mol. The van der Waals surface area contributed by atoms with E-state index in [1.165, 1.54) is 24.3 Å². The van der Waals surface area contributed by atoms with Crippen LogP contribution in [0.2, 0.25) is 0 Å². The molecule has 0 heterocycles. The van der Waals surface area contributed by atoms with Crippen molar-refractivity contribution in [1.29, 1.82) is 0 Å². The highest BCUT2D eigenvalue weighted by atomic mass is 16.4. The molecule has 0 bridgehead atoms. The molecule has 0 fully saturated rings. The quantitative estimate of drug-likeness (QED) is 0.562. The van der Waals surface area contributed by atoms with Gasteiger partial charge in [0.15, 0.2) is 0 Å². The summed E-state index contributed by atoms with van der Waals surface area (Å²) in [4.78, 5) is 36.3. The zero-order chi connectivity index (χ0) is 20.6. The lowest BCUT2D eigenvalue weighted by molar-refractivity contribution is -0.113. The van der Waals surface area contributed by atoms with Crippen molar-refractivity contribution in [3.63, 3.8) is 0 Å². The lowest BCUT2D eigenvalue weighted by atomic mass is 10.1. The zero-order valence-electron chi connectivity index (χ0n) is 15.3. The standard InChI is InChI=1S/C23H18N2O4/c26-21(17-9-5-2-6-10-17)25-20(15-16-7-3-1-4-8-16)22(27)24-19-13-11-18(12-14-19)23(28)29/h1-15H,(H,24,27)(H,25,26)(H,28,29)/b20-15-. The van der Waals surface area contributed by atoms with Crippen LogP contribution in [0, 0.1) is 0 Å². The van der Waals surface area contributed by atoms with Crippen LogP contribution in [-0.4, -0.2) is 22.9 Å². The molecule has 0 aliphatic heterocycles. The first-order valence-electron chi connectivity index (χ1n) is 8.81. The Morgan fingerprint density at radius 1 is 0.724 bits per heavy atom. The van der Waals surface area contributed by atoms with E-state index in [-0.39, 0.29) is 11.3 Å². The first-order chi connectivity index (χ1) is 14.0. The van der Waals surface area contributed by atoms with Crippen LogP contribution in [0.25, 0.3) is 6.08 Å². The van der Waals surface area contributed by atoms with E-state index in [0.29, 0.717) is 11.3 Å². The van der Waals surface area contributed by atoms with Crippen LogP contribution in [-0.2, 0) is 4.79 Å². The van der Waals surface area contributed by atoms with Crippen molar-refractivity contribution < 1.29 is 19.5 Å². The second-order valence-corrected chi connectivity index (χ2v) is 6.13. The van der Waals surface area contributed by atoms with Crippen LogP contribution >= 0.6 is 0 Å². The summed E-state index contributed by atoms with van der Waals surface area (Å²) in [6.45, 7) is 0. The minimum atomic E-state index is -1.05. The second kappa shape index (κ2) is 9.14. The van der Waals surface area contributed by atoms with Gasteiger partial charge in [-0.05, 0) is 48.0 Å². The van der Waals surface area contributed by atoms with Gasteiger partial charge in [-0.2, -0.15) is 0 Å². The Kier molecular flexibility index (Phi) is 6.17. The van der Waals surface area contributed by atoms with Crippen molar-refractivity contribution in [2.24, 2.45) is 0 Å². The van der Waals surface area contributed by atoms with Gasteiger partial charge in [-0.1, -0.05) is 48.5 Å². The van der Waals surface area contributed by atoms with Crippen molar-refractivity contribution in [1.82, 2.24) is 5.32 Å². The van der Waals surface area contributed by atoms with E-state index >= 15 is 0 Å². The molecule has 0 aliphatic carbocycles. The average Bonchev–Trinajstić information content (AvgIpc) is 2.75. The highest BCUT2D eigenvalue weighted by Crippen LogP contribution is 2.13. The third kappa shape index (κ3) is 5.40. The molecule has 3 aromatic rings. The van der Waals surface area contributed by atoms with E-state index in [1.807, 2.05) is 30.3 Å². The Morgan fingerprint density at radius 2 is 1.31 bits per heavy atom. The van der Waals surface area contributed by atoms with Crippen LogP contribution in [0.3, 0.4) is 0 Å². The summed E-state index contributed by atoms with van der Waals surface area (Å²) >= 11 is 0. The zero-order valence-corrected chi connectivity index (χ0v) is 15.3. The van der Waals surface area contributed by atoms with Gasteiger partial charge in [0.2, 0.25) is 0 Å². The molecule has 29 heavy (non-hydrogen) atoms. The van der Waals surface area contributed by atoms with Gasteiger partial charge in [0.05, 0.1) is 5.56 Å². The van der Waals surface area contributed by atoms with Crippen molar-refractivity contribution in [3.05, 3.63) is 107 Å². The molecule has 0 saturated heterocycles. The number of aromatic carboxylic acids is 1. The van der Waals surface area contributed by atoms with E-state index < -0.39 is 17.8 Å². The number of rotatable bonds is 6. The molecule has 3 N–H and O–H groups in total. The highest BCUT2D eigenvalue weighted by molar-refractivity contribution is 6.10. The van der Waals surface area contributed by atoms with E-state index in [4.69, 9.17) is 5.11 Å². The highest BCUT2D eigenvalue weighted by Gasteiger charge is 2.15. The van der Waals surface area contributed by atoms with Gasteiger partial charge in [-0.15, -0.1) is 0 Å². The predicted octanol–water partition coefficient (Wildman–Crippen LogP) is 3.79. The first kappa shape index (κ1) is 19.6. The SMILES string of the molecule is O=C(Nc1ccc(C(=O)O)cc1)/C(=C/c1ccccc1)NC(=O)c1ccccc1. The molecule has 2 amide bonds. The fourth-order valence-corrected chi connectivity index (χ4v) is 2.55. The summed E-state index contributed by atoms with van der Waals surface area (Å²) in [6, 6.07) is 23.4. The number of hydrogen-bond acceptors (Lipinski definition) is 3. The maximum atomic E-state index is 12.8. The Balaban J connectivity index is 1.84. The number of carbonyl (C=O) groups is 3. The fraction of sp³-hybridized carbons (Fsp3) is 0. The number of carbonyl (C=O) groups excluding carboxylic acids is 2. The van der Waals surface area contributed by atoms with Gasteiger partial charge in [0.25, 0.3) is 11.8 Å². The Hall–Kier alpha value is -4.19. The number of carboxylic acid groups (broad SMARTS) is 1. The first-order valence-corrected chi connectivity index (χ1v) is 8.81. The fourth-order valence-electron chi connectivity index (χ4n) is 2.55. The normalized spacial score (nSPS) is 10.8. The van der Waals surface area contributed by atoms with Gasteiger partial charge in [-0.25, -0.2) is 4.79 Å². The molecule has 6 nitrogen and oxygen atoms in total. The predicted molar refractivity (Wildman–Crippen MR) is 110 cm³/mol. The average molecular weight is 386 g/mol. The van der Waals surface area contributed by atoms with Crippen molar-refractivity contribution in [2.45, 2.75) is 0 Å². The summed E-state index contributed by atoms with van der Waals surface area (Å²) < 4.78 is 0. The molecule has 3 rings (SSSR count). The molecular weight excluding hydrogens is 368 g/mol. The Bertz CT molecular complexity index is 1040. The Morgan fingerprint density at radius 3 is 1.90 bits per heavy atom. The number of anilines is 1. The number of nitrogens with one attached hydrogen (secondary N) is 2. The topological polar surface area (TPSA) is 95.5 Å². The van der Waals surface area contributed by atoms with Crippen LogP contribution in [0.4, 0.5) is 5.69 Å². The van der Waals surface area contributed by atoms with E-state index in [0.717, 1.165) is 5.56 Å². The third-order valence-corrected chi connectivity index (χ3v) is 4.03. The third-order valence-electron chi connectivity index (χ3n) is 4.03. The van der Waals surface area contributed by atoms with Gasteiger partial charge in [0, 0.05) is 11.3 Å². The number of hydrogen-bond donors (Lipinski definition) is 3. The van der Waals surface area contributed by atoms with Crippen LogP contribution in [0.5, 0.6) is 0 Å². The number of benzene rings is 3. The molecule has 6 heteroatoms. The summed E-state index contributed by atoms with van der Waals surface area (Å²) in [5, 5.41) is 14.3. The van der Waals surface area contributed by atoms with Crippen LogP contribution in [0.1, 0.15) is 26.3 Å². The van der Waals surface area contributed by atoms with Gasteiger partial charge in [0.1, 0.15) is 5.70 Å². The largest absolute Gasteiger partial charge is 0.478 e. The molecule has 3 aromatic carbocycles. The Labute approximate surface area is 167 Å². The van der Waals surface area contributed by atoms with E-state index in [2.05, 4.69) is 10.6 Å². The minimum absolute atomic E-state index is 0.0624. The minimum Gasteiger partial charge on any atom is -0.478 e. The molecule has 0 atom stereocenters. The number of amides is 2. The molecule has 144 valence electrons. The van der Waals surface area contributed by atoms with Gasteiger partial charge in [-0.3, -0.25) is 9.59 Å². The summed E-state index contributed by atoms with van der Waals surface area (Å²) in [6.07, 6.45) is 1.57. The number of carboxylic acids is 1. The molecule has 0 aliphatic rings. The molecule has 0 unspecified atom stereocenters. The maximum absolute atomic E-state index is 12.8. The summed E-state index contributed by atoms with van der Waals surface area (Å²) in [7, 11) is 0. The second-order valence-electron chi connectivity index (χ2n) is 6.13. The summed E-state index contributed by atoms with van der Waals surface area (Å²) in [5.41, 5.74) is 1.75. The molecular formula is C23H18N2O4. The molecule has 0 radical (unpaired) electrons. The summed E-state index contributed by atoms with van der Waals surface area (Å²) in [5.74, 6) is -1.99. The van der Waals surface area contributed by atoms with Gasteiger partial charge >= 0.3 is 5.97 Å². The molecule has 0 saturated carbocycles. The maximum Gasteiger partial charge on any atom is 0.335 e. The van der Waals surface area contributed by atoms with E-state index in [9.17, 15) is 14.4 Å². The smallest absolute Gasteiger partial charge is 0.335 e.